The van der Waals surface area contributed by atoms with Crippen LogP contribution in [0.4, 0.5) is 4.79 Å². The molecule has 0 spiro atoms. The van der Waals surface area contributed by atoms with E-state index in [1.807, 2.05) is 84.9 Å². The van der Waals surface area contributed by atoms with Crippen LogP contribution in [0.25, 0.3) is 11.1 Å². The van der Waals surface area contributed by atoms with Gasteiger partial charge in [0.25, 0.3) is 0 Å². The first-order valence-corrected chi connectivity index (χ1v) is 14.2. The second-order valence-corrected chi connectivity index (χ2v) is 10.4. The molecule has 42 heavy (non-hydrogen) atoms. The predicted molar refractivity (Wildman–Crippen MR) is 161 cm³/mol. The molecule has 7 heteroatoms. The molecule has 1 aliphatic rings. The van der Waals surface area contributed by atoms with Crippen molar-refractivity contribution in [1.29, 1.82) is 0 Å². The van der Waals surface area contributed by atoms with Gasteiger partial charge in [-0.1, -0.05) is 109 Å². The maximum atomic E-state index is 13.3. The van der Waals surface area contributed by atoms with E-state index in [1.54, 1.807) is 4.90 Å². The number of carboxylic acids is 1. The first-order valence-electron chi connectivity index (χ1n) is 14.2. The number of carbonyl (C=O) groups is 3. The number of ether oxygens (including phenoxy) is 1. The highest BCUT2D eigenvalue weighted by Crippen LogP contribution is 2.44. The molecule has 0 saturated carbocycles. The number of nitrogens with one attached hydrogen (secondary N) is 1. The molecule has 7 nitrogen and oxygen atoms in total. The third-order valence-corrected chi connectivity index (χ3v) is 7.65. The van der Waals surface area contributed by atoms with Crippen molar-refractivity contribution >= 4 is 18.0 Å². The van der Waals surface area contributed by atoms with Crippen molar-refractivity contribution in [3.63, 3.8) is 0 Å². The zero-order valence-corrected chi connectivity index (χ0v) is 23.3. The maximum Gasteiger partial charge on any atom is 0.407 e. The Morgan fingerprint density at radius 2 is 1.33 bits per heavy atom. The molecule has 0 aromatic heterocycles. The van der Waals surface area contributed by atoms with E-state index in [1.165, 1.54) is 0 Å². The first kappa shape index (κ1) is 28.6. The summed E-state index contributed by atoms with van der Waals surface area (Å²) in [5.74, 6) is -1.18. The molecular weight excluding hydrogens is 528 g/mol. The van der Waals surface area contributed by atoms with Crippen molar-refractivity contribution < 1.29 is 24.2 Å². The standard InChI is InChI=1S/C35H34N2O5/c38-33(37(22-21-34(39)40)23-25-11-3-1-4-12-25)20-19-32(26-13-5-2-6-14-26)36-35(41)42-24-31-29-17-9-7-15-27(29)28-16-8-10-18-30(28)31/h1-18,31-32H,19-24H2,(H,36,41)(H,39,40). The molecule has 2 N–H and O–H groups in total. The Labute approximate surface area is 245 Å². The number of hydrogen-bond acceptors (Lipinski definition) is 4. The van der Waals surface area contributed by atoms with Gasteiger partial charge in [0.1, 0.15) is 6.61 Å². The molecule has 214 valence electrons. The van der Waals surface area contributed by atoms with Crippen LogP contribution >= 0.6 is 0 Å². The smallest absolute Gasteiger partial charge is 0.407 e. The van der Waals surface area contributed by atoms with E-state index in [2.05, 4.69) is 29.6 Å². The highest BCUT2D eigenvalue weighted by atomic mass is 16.5. The van der Waals surface area contributed by atoms with Crippen molar-refractivity contribution in [3.05, 3.63) is 131 Å². The van der Waals surface area contributed by atoms with E-state index < -0.39 is 18.1 Å². The molecule has 1 atom stereocenters. The third kappa shape index (κ3) is 7.04. The molecule has 0 bridgehead atoms. The Morgan fingerprint density at radius 3 is 1.95 bits per heavy atom. The molecule has 0 heterocycles. The van der Waals surface area contributed by atoms with Gasteiger partial charge in [-0.2, -0.15) is 0 Å². The lowest BCUT2D eigenvalue weighted by molar-refractivity contribution is -0.138. The van der Waals surface area contributed by atoms with Crippen LogP contribution in [0.1, 0.15) is 53.5 Å². The van der Waals surface area contributed by atoms with E-state index in [0.717, 1.165) is 33.4 Å². The van der Waals surface area contributed by atoms with E-state index >= 15 is 0 Å². The van der Waals surface area contributed by atoms with Crippen LogP contribution in [-0.4, -0.2) is 41.1 Å². The van der Waals surface area contributed by atoms with Crippen LogP contribution in [0.15, 0.2) is 109 Å². The van der Waals surface area contributed by atoms with Gasteiger partial charge in [0.15, 0.2) is 0 Å². The highest BCUT2D eigenvalue weighted by Gasteiger charge is 2.29. The first-order chi connectivity index (χ1) is 20.5. The van der Waals surface area contributed by atoms with E-state index in [9.17, 15) is 19.5 Å². The van der Waals surface area contributed by atoms with Crippen LogP contribution in [0.3, 0.4) is 0 Å². The Hall–Kier alpha value is -4.91. The summed E-state index contributed by atoms with van der Waals surface area (Å²) in [6.45, 7) is 0.627. The average molecular weight is 563 g/mol. The number of hydrogen-bond donors (Lipinski definition) is 2. The number of carboxylic acid groups (broad SMARTS) is 1. The zero-order chi connectivity index (χ0) is 29.3. The summed E-state index contributed by atoms with van der Waals surface area (Å²) in [5, 5.41) is 12.2. The number of nitrogens with zero attached hydrogens (tertiary/aromatic N) is 1. The molecule has 1 aliphatic carbocycles. The summed E-state index contributed by atoms with van der Waals surface area (Å²) in [4.78, 5) is 39.2. The quantitative estimate of drug-likeness (QED) is 0.204. The SMILES string of the molecule is O=C(O)CCN(Cc1ccccc1)C(=O)CCC(NC(=O)OCC1c2ccccc2-c2ccccc21)c1ccccc1. The molecular formula is C35H34N2O5. The molecule has 4 aromatic carbocycles. The summed E-state index contributed by atoms with van der Waals surface area (Å²) in [7, 11) is 0. The Morgan fingerprint density at radius 1 is 0.762 bits per heavy atom. The fourth-order valence-electron chi connectivity index (χ4n) is 5.54. The van der Waals surface area contributed by atoms with Crippen molar-refractivity contribution in [2.75, 3.05) is 13.2 Å². The van der Waals surface area contributed by atoms with Gasteiger partial charge in [-0.15, -0.1) is 0 Å². The van der Waals surface area contributed by atoms with Crippen LogP contribution in [-0.2, 0) is 20.9 Å². The lowest BCUT2D eigenvalue weighted by Crippen LogP contribution is -2.34. The summed E-state index contributed by atoms with van der Waals surface area (Å²) in [6.07, 6.45) is -0.218. The summed E-state index contributed by atoms with van der Waals surface area (Å²) in [6, 6.07) is 34.9. The summed E-state index contributed by atoms with van der Waals surface area (Å²) < 4.78 is 5.78. The van der Waals surface area contributed by atoms with Crippen molar-refractivity contribution in [3.8, 4) is 11.1 Å². The second kappa shape index (κ2) is 13.6. The van der Waals surface area contributed by atoms with Gasteiger partial charge in [-0.3, -0.25) is 9.59 Å². The Kier molecular flexibility index (Phi) is 9.29. The Balaban J connectivity index is 1.24. The molecule has 0 radical (unpaired) electrons. The van der Waals surface area contributed by atoms with Gasteiger partial charge < -0.3 is 20.1 Å². The lowest BCUT2D eigenvalue weighted by Gasteiger charge is -2.24. The van der Waals surface area contributed by atoms with Gasteiger partial charge in [-0.05, 0) is 39.8 Å². The zero-order valence-electron chi connectivity index (χ0n) is 23.3. The van der Waals surface area contributed by atoms with E-state index in [-0.39, 0.29) is 37.8 Å². The van der Waals surface area contributed by atoms with Crippen molar-refractivity contribution in [2.24, 2.45) is 0 Å². The number of benzene rings is 4. The largest absolute Gasteiger partial charge is 0.481 e. The van der Waals surface area contributed by atoms with E-state index in [0.29, 0.717) is 13.0 Å². The van der Waals surface area contributed by atoms with Gasteiger partial charge in [-0.25, -0.2) is 4.79 Å². The lowest BCUT2D eigenvalue weighted by atomic mass is 9.98. The topological polar surface area (TPSA) is 95.9 Å². The second-order valence-electron chi connectivity index (χ2n) is 10.4. The summed E-state index contributed by atoms with van der Waals surface area (Å²) in [5.41, 5.74) is 6.37. The van der Waals surface area contributed by atoms with Crippen LogP contribution in [0.5, 0.6) is 0 Å². The Bertz CT molecular complexity index is 1480. The highest BCUT2D eigenvalue weighted by molar-refractivity contribution is 5.79. The molecule has 4 aromatic rings. The monoisotopic (exact) mass is 562 g/mol. The number of carbonyl (C=O) groups excluding carboxylic acids is 2. The van der Waals surface area contributed by atoms with Crippen molar-refractivity contribution in [1.82, 2.24) is 10.2 Å². The third-order valence-electron chi connectivity index (χ3n) is 7.65. The molecule has 2 amide bonds. The molecule has 1 unspecified atom stereocenters. The molecule has 0 saturated heterocycles. The fourth-order valence-corrected chi connectivity index (χ4v) is 5.54. The molecule has 0 fully saturated rings. The van der Waals surface area contributed by atoms with Gasteiger partial charge >= 0.3 is 12.1 Å². The average Bonchev–Trinajstić information content (AvgIpc) is 3.34. The molecule has 5 rings (SSSR count). The normalized spacial score (nSPS) is 12.6. The van der Waals surface area contributed by atoms with Crippen LogP contribution in [0.2, 0.25) is 0 Å². The fraction of sp³-hybridized carbons (Fsp3) is 0.229. The maximum absolute atomic E-state index is 13.3. The van der Waals surface area contributed by atoms with Gasteiger partial charge in [0.2, 0.25) is 5.91 Å². The minimum atomic E-state index is -0.958. The number of rotatable bonds is 12. The number of amides is 2. The number of alkyl carbamates (subject to hydrolysis) is 1. The number of fused-ring (bicyclic) bond motifs is 3. The van der Waals surface area contributed by atoms with Gasteiger partial charge in [0.05, 0.1) is 12.5 Å². The number of aliphatic carboxylic acids is 1. The minimum Gasteiger partial charge on any atom is -0.481 e. The van der Waals surface area contributed by atoms with Crippen LogP contribution in [0, 0.1) is 0 Å². The summed E-state index contributed by atoms with van der Waals surface area (Å²) >= 11 is 0. The van der Waals surface area contributed by atoms with E-state index in [4.69, 9.17) is 4.74 Å². The van der Waals surface area contributed by atoms with Crippen LogP contribution < -0.4 is 5.32 Å². The predicted octanol–water partition coefficient (Wildman–Crippen LogP) is 6.55. The van der Waals surface area contributed by atoms with Crippen molar-refractivity contribution in [2.45, 2.75) is 37.8 Å². The van der Waals surface area contributed by atoms with Gasteiger partial charge in [0, 0.05) is 25.4 Å². The minimum absolute atomic E-state index is 0.0549. The molecule has 0 aliphatic heterocycles.